The third kappa shape index (κ3) is 6.41. The molecule has 0 saturated heterocycles. The van der Waals surface area contributed by atoms with E-state index in [1.807, 2.05) is 25.1 Å². The number of carbonyl (C=O) groups excluding carboxylic acids is 1. The molecule has 0 spiro atoms. The largest absolute Gasteiger partial charge is 0.381 e. The van der Waals surface area contributed by atoms with Crippen LogP contribution in [0.25, 0.3) is 16.5 Å². The number of pyridine rings is 1. The number of aryl methyl sites for hydroxylation is 3. The quantitative estimate of drug-likeness (QED) is 0.239. The van der Waals surface area contributed by atoms with E-state index in [1.165, 1.54) is 27.6 Å². The molecular weight excluding hydrogens is 554 g/mol. The molecule has 0 atom stereocenters. The minimum absolute atomic E-state index is 0.0798. The van der Waals surface area contributed by atoms with Crippen LogP contribution in [0.15, 0.2) is 77.3 Å². The Kier molecular flexibility index (Phi) is 8.96. The van der Waals surface area contributed by atoms with Gasteiger partial charge in [0.25, 0.3) is 11.5 Å². The number of carbonyl (C=O) groups is 1. The number of benzene rings is 2. The van der Waals surface area contributed by atoms with Crippen molar-refractivity contribution in [3.63, 3.8) is 0 Å². The van der Waals surface area contributed by atoms with E-state index in [9.17, 15) is 18.4 Å². The third-order valence-electron chi connectivity index (χ3n) is 6.29. The first-order chi connectivity index (χ1) is 20.5. The van der Waals surface area contributed by atoms with Crippen molar-refractivity contribution in [2.45, 2.75) is 13.3 Å². The van der Waals surface area contributed by atoms with E-state index in [2.05, 4.69) is 33.6 Å². The van der Waals surface area contributed by atoms with Crippen molar-refractivity contribution >= 4 is 34.5 Å². The van der Waals surface area contributed by atoms with Gasteiger partial charge < -0.3 is 11.5 Å². The van der Waals surface area contributed by atoms with Crippen molar-refractivity contribution in [1.82, 2.24) is 24.1 Å². The molecule has 4 N–H and O–H groups in total. The fourth-order valence-corrected chi connectivity index (χ4v) is 4.36. The van der Waals surface area contributed by atoms with Crippen LogP contribution in [0, 0.1) is 23.5 Å². The Hall–Kier alpha value is -5.83. The second-order valence-electron chi connectivity index (χ2n) is 9.24. The first-order valence-corrected chi connectivity index (χ1v) is 13.0. The molecular formula is C31H28F2N8O2. The number of amides is 1. The highest BCUT2D eigenvalue weighted by atomic mass is 19.2. The Balaban J connectivity index is 0.000000255. The van der Waals surface area contributed by atoms with Crippen molar-refractivity contribution in [1.29, 1.82) is 0 Å². The van der Waals surface area contributed by atoms with Gasteiger partial charge in [-0.25, -0.2) is 18.5 Å². The minimum atomic E-state index is -0.999. The standard InChI is InChI=1S/C23H17F2N3O.C8H11N5O/c1-3-18-11-17-6-4-5-16(8-7-15-13-26-27(2)14-15)22(17)23(29)28(18)19-9-10-20(24)21(25)12-19;1-3-4-11-8-5(7(10)14)6(9)12-13(8)2/h4-6,9-14H,3H2,1-2H3;3-4H,1H2,2H3,(H2,9,12)(H2,10,14)/b;11-4-. The van der Waals surface area contributed by atoms with Crippen LogP contribution >= 0.6 is 0 Å². The van der Waals surface area contributed by atoms with E-state index >= 15 is 0 Å². The molecule has 10 nitrogen and oxygen atoms in total. The van der Waals surface area contributed by atoms with Gasteiger partial charge in [0.15, 0.2) is 23.3 Å². The van der Waals surface area contributed by atoms with Gasteiger partial charge in [-0.2, -0.15) is 10.2 Å². The van der Waals surface area contributed by atoms with Gasteiger partial charge in [0.2, 0.25) is 0 Å². The van der Waals surface area contributed by atoms with Gasteiger partial charge in [0.1, 0.15) is 5.56 Å². The van der Waals surface area contributed by atoms with Crippen molar-refractivity contribution in [2.75, 3.05) is 5.73 Å². The smallest absolute Gasteiger partial charge is 0.264 e. The average molecular weight is 583 g/mol. The topological polar surface area (TPSA) is 139 Å². The average Bonchev–Trinajstić information content (AvgIpc) is 3.52. The molecule has 0 radical (unpaired) electrons. The number of nitrogen functional groups attached to an aromatic ring is 1. The highest BCUT2D eigenvalue weighted by Gasteiger charge is 2.18. The number of anilines is 1. The van der Waals surface area contributed by atoms with Gasteiger partial charge in [-0.3, -0.25) is 18.8 Å². The van der Waals surface area contributed by atoms with E-state index in [0.717, 1.165) is 23.1 Å². The van der Waals surface area contributed by atoms with E-state index in [-0.39, 0.29) is 22.6 Å². The minimum Gasteiger partial charge on any atom is -0.381 e. The highest BCUT2D eigenvalue weighted by Crippen LogP contribution is 2.23. The Bertz CT molecular complexity index is 2010. The number of aliphatic imine (C=N–C) groups is 1. The molecule has 0 bridgehead atoms. The maximum Gasteiger partial charge on any atom is 0.264 e. The zero-order chi connectivity index (χ0) is 31.3. The zero-order valence-corrected chi connectivity index (χ0v) is 23.7. The lowest BCUT2D eigenvalue weighted by Gasteiger charge is -2.14. The fourth-order valence-electron chi connectivity index (χ4n) is 4.36. The SMILES string of the molecule is C=C/C=N\c1c(C(N)=O)c(N)nn1C.CCc1cc2cccc(C#Cc3cnn(C)c3)c2c(=O)n1-c1ccc(F)c(F)c1. The van der Waals surface area contributed by atoms with Gasteiger partial charge in [-0.05, 0) is 36.1 Å². The van der Waals surface area contributed by atoms with Crippen LogP contribution in [0.5, 0.6) is 0 Å². The Morgan fingerprint density at radius 3 is 2.53 bits per heavy atom. The molecule has 218 valence electrons. The number of aromatic nitrogens is 5. The summed E-state index contributed by atoms with van der Waals surface area (Å²) in [6.07, 6.45) is 6.90. The molecule has 12 heteroatoms. The van der Waals surface area contributed by atoms with E-state index in [4.69, 9.17) is 11.5 Å². The molecule has 3 aromatic heterocycles. The number of allylic oxidation sites excluding steroid dienone is 1. The Labute approximate surface area is 245 Å². The first-order valence-electron chi connectivity index (χ1n) is 13.0. The summed E-state index contributed by atoms with van der Waals surface area (Å²) in [7, 11) is 3.43. The van der Waals surface area contributed by atoms with Crippen LogP contribution in [0.3, 0.4) is 0 Å². The van der Waals surface area contributed by atoms with Crippen molar-refractivity contribution in [3.8, 4) is 17.5 Å². The highest BCUT2D eigenvalue weighted by molar-refractivity contribution is 6.02. The number of primary amides is 1. The molecule has 1 amide bonds. The van der Waals surface area contributed by atoms with Crippen LogP contribution in [0.1, 0.15) is 34.1 Å². The molecule has 43 heavy (non-hydrogen) atoms. The van der Waals surface area contributed by atoms with Gasteiger partial charge in [-0.1, -0.05) is 43.6 Å². The van der Waals surface area contributed by atoms with Gasteiger partial charge >= 0.3 is 0 Å². The van der Waals surface area contributed by atoms with Crippen LogP contribution in [0.2, 0.25) is 0 Å². The number of rotatable bonds is 5. The summed E-state index contributed by atoms with van der Waals surface area (Å²) in [6, 6.07) is 10.8. The lowest BCUT2D eigenvalue weighted by atomic mass is 10.0. The predicted molar refractivity (Wildman–Crippen MR) is 163 cm³/mol. The molecule has 0 saturated carbocycles. The second kappa shape index (κ2) is 12.8. The third-order valence-corrected chi connectivity index (χ3v) is 6.29. The maximum absolute atomic E-state index is 13.8. The van der Waals surface area contributed by atoms with Crippen LogP contribution in [-0.2, 0) is 20.5 Å². The summed E-state index contributed by atoms with van der Waals surface area (Å²) < 4.78 is 31.7. The molecule has 2 aromatic carbocycles. The summed E-state index contributed by atoms with van der Waals surface area (Å²) >= 11 is 0. The summed E-state index contributed by atoms with van der Waals surface area (Å²) in [4.78, 5) is 28.4. The number of hydrogen-bond donors (Lipinski definition) is 2. The molecule has 0 aliphatic carbocycles. The Morgan fingerprint density at radius 1 is 1.14 bits per heavy atom. The molecule has 0 unspecified atom stereocenters. The summed E-state index contributed by atoms with van der Waals surface area (Å²) in [5.41, 5.74) is 12.7. The monoisotopic (exact) mass is 582 g/mol. The fraction of sp³-hybridized carbons (Fsp3) is 0.129. The Morgan fingerprint density at radius 2 is 1.91 bits per heavy atom. The lowest BCUT2D eigenvalue weighted by molar-refractivity contribution is 0.100. The van der Waals surface area contributed by atoms with Gasteiger partial charge in [0, 0.05) is 43.8 Å². The molecule has 0 aliphatic rings. The zero-order valence-electron chi connectivity index (χ0n) is 23.7. The summed E-state index contributed by atoms with van der Waals surface area (Å²) in [6.45, 7) is 5.37. The number of fused-ring (bicyclic) bond motifs is 1. The molecule has 0 fully saturated rings. The second-order valence-corrected chi connectivity index (χ2v) is 9.24. The lowest BCUT2D eigenvalue weighted by Crippen LogP contribution is -2.22. The maximum atomic E-state index is 13.8. The summed E-state index contributed by atoms with van der Waals surface area (Å²) in [5, 5.41) is 9.10. The number of nitrogens with zero attached hydrogens (tertiary/aromatic N) is 6. The van der Waals surface area contributed by atoms with Crippen molar-refractivity contribution < 1.29 is 13.6 Å². The number of nitrogens with two attached hydrogens (primary N) is 2. The van der Waals surface area contributed by atoms with Crippen molar-refractivity contribution in [3.05, 3.63) is 112 Å². The van der Waals surface area contributed by atoms with Crippen molar-refractivity contribution in [2.24, 2.45) is 24.8 Å². The van der Waals surface area contributed by atoms with Crippen LogP contribution in [-0.4, -0.2) is 36.2 Å². The number of halogens is 2. The van der Waals surface area contributed by atoms with Gasteiger partial charge in [0.05, 0.1) is 22.8 Å². The first kappa shape index (κ1) is 30.1. The number of hydrogen-bond acceptors (Lipinski definition) is 6. The molecule has 5 rings (SSSR count). The van der Waals surface area contributed by atoms with Crippen LogP contribution in [0.4, 0.5) is 20.4 Å². The summed E-state index contributed by atoms with van der Waals surface area (Å²) in [5.74, 6) is 3.87. The van der Waals surface area contributed by atoms with Crippen LogP contribution < -0.4 is 17.0 Å². The van der Waals surface area contributed by atoms with E-state index < -0.39 is 17.5 Å². The molecule has 5 aromatic rings. The predicted octanol–water partition coefficient (Wildman–Crippen LogP) is 3.95. The van der Waals surface area contributed by atoms with E-state index in [0.29, 0.717) is 28.9 Å². The normalized spacial score (nSPS) is 10.7. The van der Waals surface area contributed by atoms with Gasteiger partial charge in [-0.15, -0.1) is 0 Å². The molecule has 0 aliphatic heterocycles. The van der Waals surface area contributed by atoms with E-state index in [1.54, 1.807) is 37.2 Å². The molecule has 3 heterocycles.